The van der Waals surface area contributed by atoms with Gasteiger partial charge in [-0.2, -0.15) is 0 Å². The average molecular weight is 540 g/mol. The van der Waals surface area contributed by atoms with E-state index in [9.17, 15) is 9.59 Å². The van der Waals surface area contributed by atoms with E-state index in [-0.39, 0.29) is 42.2 Å². The van der Waals surface area contributed by atoms with Crippen LogP contribution in [0.15, 0.2) is 10.5 Å². The van der Waals surface area contributed by atoms with Crippen LogP contribution in [0.3, 0.4) is 0 Å². The van der Waals surface area contributed by atoms with Gasteiger partial charge >= 0.3 is 5.97 Å². The number of hydrogen-bond acceptors (Lipinski definition) is 7. The van der Waals surface area contributed by atoms with E-state index in [1.54, 1.807) is 24.3 Å². The van der Waals surface area contributed by atoms with Crippen molar-refractivity contribution in [2.24, 2.45) is 17.0 Å². The van der Waals surface area contributed by atoms with Gasteiger partial charge in [-0.25, -0.2) is 9.78 Å². The lowest BCUT2D eigenvalue weighted by Gasteiger charge is -2.38. The van der Waals surface area contributed by atoms with Crippen LogP contribution in [0.25, 0.3) is 10.4 Å². The molecule has 1 amide bonds. The minimum Gasteiger partial charge on any atom is -0.461 e. The van der Waals surface area contributed by atoms with Gasteiger partial charge in [0.1, 0.15) is 11.0 Å². The highest BCUT2D eigenvalue weighted by atomic mass is 32.1. The highest BCUT2D eigenvalue weighted by Gasteiger charge is 2.38. The third kappa shape index (κ3) is 8.29. The molecule has 1 aromatic heterocycles. The number of hydrogen-bond donors (Lipinski definition) is 0. The van der Waals surface area contributed by atoms with Gasteiger partial charge in [0.2, 0.25) is 5.91 Å². The van der Waals surface area contributed by atoms with Gasteiger partial charge in [0.25, 0.3) is 0 Å². The number of ether oxygens (including phenoxy) is 1. The molecule has 0 saturated carbocycles. The molecule has 204 valence electrons. The molecule has 4 unspecified atom stereocenters. The second kappa shape index (κ2) is 15.3. The quantitative estimate of drug-likeness (QED) is 0.0738. The minimum atomic E-state index is -2.04. The van der Waals surface area contributed by atoms with Gasteiger partial charge in [-0.05, 0) is 48.8 Å². The number of likely N-dealkylation sites (N-methyl/N-ethyl adjacent to an activating group) is 1. The Labute approximate surface area is 221 Å². The molecule has 1 aromatic rings. The maximum atomic E-state index is 13.5. The van der Waals surface area contributed by atoms with Crippen molar-refractivity contribution in [3.05, 3.63) is 26.5 Å². The maximum absolute atomic E-state index is 13.5. The van der Waals surface area contributed by atoms with E-state index in [1.165, 1.54) is 11.3 Å². The maximum Gasteiger partial charge on any atom is 0.357 e. The second-order valence-electron chi connectivity index (χ2n) is 9.67. The van der Waals surface area contributed by atoms with Crippen molar-refractivity contribution in [3.63, 3.8) is 0 Å². The molecule has 0 saturated heterocycles. The van der Waals surface area contributed by atoms with Gasteiger partial charge < -0.3 is 14.1 Å². The molecule has 1 rings (SSSR count). The molecule has 4 atom stereocenters. The van der Waals surface area contributed by atoms with Crippen molar-refractivity contribution >= 4 is 31.5 Å². The molecule has 9 nitrogen and oxygen atoms in total. The zero-order chi connectivity index (χ0) is 27.5. The summed E-state index contributed by atoms with van der Waals surface area (Å²) in [5.74, 6) is -0.570. The largest absolute Gasteiger partial charge is 0.461 e. The standard InChI is InChI=1S/C25H45N5O4SSi/c1-10-18(8)22(28-29-26)24(31)30(9)20(17(6)7)15-21(34-36(12-3,13-4)14-5)23-27-19(16-35-23)25(32)33-11-2/h16-18,20-22H,10-15H2,1-9H3. The molecule has 1 heterocycles. The molecule has 0 aliphatic heterocycles. The van der Waals surface area contributed by atoms with E-state index >= 15 is 0 Å². The number of amides is 1. The molecular formula is C25H45N5O4SSi. The number of carbonyl (C=O) groups excluding carboxylic acids is 2. The summed E-state index contributed by atoms with van der Waals surface area (Å²) >= 11 is 1.40. The fourth-order valence-corrected chi connectivity index (χ4v) is 8.12. The number of nitrogens with zero attached hydrogens (tertiary/aromatic N) is 5. The molecule has 0 N–H and O–H groups in total. The van der Waals surface area contributed by atoms with Gasteiger partial charge in [-0.1, -0.05) is 60.0 Å². The normalized spacial score (nSPS) is 15.1. The SMILES string of the molecule is CCOC(=O)c1csc(C(CC(C(C)C)N(C)C(=O)C(N=[N+]=[N-])C(C)CC)O[Si](CC)(CC)CC)n1. The molecule has 0 aliphatic carbocycles. The van der Waals surface area contributed by atoms with E-state index in [0.717, 1.165) is 29.6 Å². The van der Waals surface area contributed by atoms with Gasteiger partial charge in [-0.3, -0.25) is 4.79 Å². The number of thiazole rings is 1. The fourth-order valence-electron chi connectivity index (χ4n) is 4.39. The number of esters is 1. The molecular weight excluding hydrogens is 494 g/mol. The minimum absolute atomic E-state index is 0.0675. The Kier molecular flexibility index (Phi) is 13.7. The van der Waals surface area contributed by atoms with Gasteiger partial charge in [0, 0.05) is 23.4 Å². The monoisotopic (exact) mass is 539 g/mol. The number of azide groups is 1. The predicted molar refractivity (Wildman–Crippen MR) is 147 cm³/mol. The lowest BCUT2D eigenvalue weighted by molar-refractivity contribution is -0.136. The van der Waals surface area contributed by atoms with Crippen molar-refractivity contribution in [3.8, 4) is 0 Å². The van der Waals surface area contributed by atoms with E-state index in [2.05, 4.69) is 49.6 Å². The summed E-state index contributed by atoms with van der Waals surface area (Å²) in [6, 6.07) is 1.99. The van der Waals surface area contributed by atoms with Crippen molar-refractivity contribution in [2.45, 2.75) is 105 Å². The topological polar surface area (TPSA) is 117 Å². The Morgan fingerprint density at radius 2 is 1.78 bits per heavy atom. The van der Waals surface area contributed by atoms with E-state index in [1.807, 2.05) is 13.8 Å². The van der Waals surface area contributed by atoms with Crippen LogP contribution < -0.4 is 0 Å². The Hall–Kier alpha value is -1.94. The fraction of sp³-hybridized carbons (Fsp3) is 0.800. The number of aromatic nitrogens is 1. The van der Waals surface area contributed by atoms with Gasteiger partial charge in [-0.15, -0.1) is 11.3 Å². The highest BCUT2D eigenvalue weighted by Crippen LogP contribution is 2.36. The molecule has 11 heteroatoms. The van der Waals surface area contributed by atoms with Crippen molar-refractivity contribution in [1.29, 1.82) is 0 Å². The highest BCUT2D eigenvalue weighted by molar-refractivity contribution is 7.09. The van der Waals surface area contributed by atoms with Gasteiger partial charge in [0.15, 0.2) is 14.0 Å². The van der Waals surface area contributed by atoms with Crippen LogP contribution in [-0.4, -0.2) is 55.8 Å². The van der Waals surface area contributed by atoms with Crippen LogP contribution in [0, 0.1) is 11.8 Å². The summed E-state index contributed by atoms with van der Waals surface area (Å²) in [6.45, 7) is 16.6. The zero-order valence-corrected chi connectivity index (χ0v) is 25.3. The third-order valence-corrected chi connectivity index (χ3v) is 12.9. The lowest BCUT2D eigenvalue weighted by atomic mass is 9.93. The Morgan fingerprint density at radius 3 is 2.25 bits per heavy atom. The first kappa shape index (κ1) is 32.1. The first-order chi connectivity index (χ1) is 17.0. The average Bonchev–Trinajstić information content (AvgIpc) is 3.37. The van der Waals surface area contributed by atoms with Crippen LogP contribution in [-0.2, 0) is 14.0 Å². The summed E-state index contributed by atoms with van der Waals surface area (Å²) < 4.78 is 12.1. The third-order valence-electron chi connectivity index (χ3n) is 7.29. The van der Waals surface area contributed by atoms with E-state index in [4.69, 9.17) is 14.7 Å². The van der Waals surface area contributed by atoms with Crippen molar-refractivity contribution in [2.75, 3.05) is 13.7 Å². The number of rotatable bonds is 16. The summed E-state index contributed by atoms with van der Waals surface area (Å²) in [7, 11) is -0.258. The predicted octanol–water partition coefficient (Wildman–Crippen LogP) is 6.98. The lowest BCUT2D eigenvalue weighted by Crippen LogP contribution is -2.48. The van der Waals surface area contributed by atoms with Crippen LogP contribution in [0.2, 0.25) is 18.1 Å². The van der Waals surface area contributed by atoms with E-state index < -0.39 is 20.3 Å². The number of carbonyl (C=O) groups is 2. The van der Waals surface area contributed by atoms with Crippen LogP contribution >= 0.6 is 11.3 Å². The summed E-state index contributed by atoms with van der Waals surface area (Å²) in [4.78, 5) is 35.0. The van der Waals surface area contributed by atoms with Crippen LogP contribution in [0.5, 0.6) is 0 Å². The smallest absolute Gasteiger partial charge is 0.357 e. The van der Waals surface area contributed by atoms with Crippen LogP contribution in [0.4, 0.5) is 0 Å². The van der Waals surface area contributed by atoms with Crippen LogP contribution in [0.1, 0.15) is 89.8 Å². The molecule has 0 spiro atoms. The Balaban J connectivity index is 3.42. The van der Waals surface area contributed by atoms with E-state index in [0.29, 0.717) is 6.42 Å². The second-order valence-corrected chi connectivity index (χ2v) is 15.3. The first-order valence-electron chi connectivity index (χ1n) is 13.2. The zero-order valence-electron chi connectivity index (χ0n) is 23.5. The molecule has 0 fully saturated rings. The van der Waals surface area contributed by atoms with Gasteiger partial charge in [0.05, 0.1) is 12.7 Å². The summed E-state index contributed by atoms with van der Waals surface area (Å²) in [5.41, 5.74) is 9.36. The summed E-state index contributed by atoms with van der Waals surface area (Å²) in [6.07, 6.45) is 0.914. The molecule has 0 aliphatic rings. The molecule has 0 aromatic carbocycles. The summed E-state index contributed by atoms with van der Waals surface area (Å²) in [5, 5.41) is 6.28. The Bertz CT molecular complexity index is 877. The van der Waals surface area contributed by atoms with Crippen molar-refractivity contribution in [1.82, 2.24) is 9.88 Å². The Morgan fingerprint density at radius 1 is 1.17 bits per heavy atom. The molecule has 36 heavy (non-hydrogen) atoms. The molecule has 0 radical (unpaired) electrons. The van der Waals surface area contributed by atoms with Crippen molar-refractivity contribution < 1.29 is 18.8 Å². The first-order valence-corrected chi connectivity index (χ1v) is 16.6. The molecule has 0 bridgehead atoms.